The van der Waals surface area contributed by atoms with Gasteiger partial charge in [0.2, 0.25) is 0 Å². The molecule has 0 saturated carbocycles. The van der Waals surface area contributed by atoms with Crippen molar-refractivity contribution in [2.75, 3.05) is 0 Å². The highest BCUT2D eigenvalue weighted by atomic mass is 16.5. The number of carbonyl (C=O) groups is 3. The molecule has 0 aliphatic rings. The van der Waals surface area contributed by atoms with Gasteiger partial charge >= 0.3 is 11.9 Å². The van der Waals surface area contributed by atoms with Crippen LogP contribution in [0.25, 0.3) is 0 Å². The maximum absolute atomic E-state index is 10.5. The SMILES string of the molecule is O=Cc1ccc(OC(C(=O)O)C(=O)O)cc1. The van der Waals surface area contributed by atoms with Gasteiger partial charge in [0.15, 0.2) is 0 Å². The second kappa shape index (κ2) is 4.92. The van der Waals surface area contributed by atoms with Gasteiger partial charge in [-0.05, 0) is 24.3 Å². The van der Waals surface area contributed by atoms with Crippen molar-refractivity contribution in [1.82, 2.24) is 0 Å². The van der Waals surface area contributed by atoms with E-state index in [-0.39, 0.29) is 5.75 Å². The first-order valence-electron chi connectivity index (χ1n) is 4.22. The second-order valence-corrected chi connectivity index (χ2v) is 2.86. The van der Waals surface area contributed by atoms with Gasteiger partial charge in [-0.15, -0.1) is 0 Å². The molecule has 0 heterocycles. The van der Waals surface area contributed by atoms with E-state index < -0.39 is 18.0 Å². The third kappa shape index (κ3) is 2.81. The van der Waals surface area contributed by atoms with Gasteiger partial charge in [-0.2, -0.15) is 0 Å². The van der Waals surface area contributed by atoms with E-state index in [0.29, 0.717) is 11.8 Å². The van der Waals surface area contributed by atoms with Crippen molar-refractivity contribution in [2.45, 2.75) is 6.10 Å². The van der Waals surface area contributed by atoms with E-state index in [2.05, 4.69) is 0 Å². The summed E-state index contributed by atoms with van der Waals surface area (Å²) in [7, 11) is 0. The fourth-order valence-electron chi connectivity index (χ4n) is 0.967. The minimum atomic E-state index is -1.96. The first kappa shape index (κ1) is 11.7. The predicted octanol–water partition coefficient (Wildman–Crippen LogP) is 0.416. The van der Waals surface area contributed by atoms with Gasteiger partial charge in [-0.25, -0.2) is 9.59 Å². The van der Waals surface area contributed by atoms with E-state index in [1.165, 1.54) is 24.3 Å². The van der Waals surface area contributed by atoms with Crippen LogP contribution in [0.3, 0.4) is 0 Å². The number of carbonyl (C=O) groups excluding carboxylic acids is 1. The Morgan fingerprint density at radius 2 is 1.62 bits per heavy atom. The molecule has 0 saturated heterocycles. The van der Waals surface area contributed by atoms with E-state index in [9.17, 15) is 14.4 Å². The normalized spacial score (nSPS) is 9.81. The van der Waals surface area contributed by atoms with Crippen molar-refractivity contribution >= 4 is 18.2 Å². The fourth-order valence-corrected chi connectivity index (χ4v) is 0.967. The summed E-state index contributed by atoms with van der Waals surface area (Å²) in [5.74, 6) is -3.11. The molecule has 0 aliphatic carbocycles. The first-order valence-corrected chi connectivity index (χ1v) is 4.22. The minimum absolute atomic E-state index is 0.0698. The second-order valence-electron chi connectivity index (χ2n) is 2.86. The van der Waals surface area contributed by atoms with E-state index in [0.717, 1.165) is 0 Å². The van der Waals surface area contributed by atoms with Gasteiger partial charge < -0.3 is 14.9 Å². The Balaban J connectivity index is 2.81. The summed E-state index contributed by atoms with van der Waals surface area (Å²) in [6.45, 7) is 0. The molecular weight excluding hydrogens is 216 g/mol. The quantitative estimate of drug-likeness (QED) is 0.555. The summed E-state index contributed by atoms with van der Waals surface area (Å²) >= 11 is 0. The number of hydrogen-bond donors (Lipinski definition) is 2. The zero-order chi connectivity index (χ0) is 12.1. The number of aldehydes is 1. The lowest BCUT2D eigenvalue weighted by Crippen LogP contribution is -2.35. The van der Waals surface area contributed by atoms with Crippen LogP contribution in [0.4, 0.5) is 0 Å². The lowest BCUT2D eigenvalue weighted by atomic mass is 10.2. The molecule has 84 valence electrons. The van der Waals surface area contributed by atoms with Crippen molar-refractivity contribution in [3.8, 4) is 5.75 Å². The Bertz CT molecular complexity index is 394. The van der Waals surface area contributed by atoms with Crippen molar-refractivity contribution in [3.63, 3.8) is 0 Å². The van der Waals surface area contributed by atoms with Crippen LogP contribution in [-0.2, 0) is 9.59 Å². The Morgan fingerprint density at radius 1 is 1.12 bits per heavy atom. The topological polar surface area (TPSA) is 101 Å². The highest BCUT2D eigenvalue weighted by Crippen LogP contribution is 2.13. The van der Waals surface area contributed by atoms with Gasteiger partial charge in [0.05, 0.1) is 0 Å². The van der Waals surface area contributed by atoms with Crippen molar-refractivity contribution in [1.29, 1.82) is 0 Å². The van der Waals surface area contributed by atoms with E-state index in [1.54, 1.807) is 0 Å². The average molecular weight is 224 g/mol. The smallest absolute Gasteiger partial charge is 0.356 e. The van der Waals surface area contributed by atoms with Crippen LogP contribution >= 0.6 is 0 Å². The van der Waals surface area contributed by atoms with Crippen LogP contribution in [0.15, 0.2) is 24.3 Å². The van der Waals surface area contributed by atoms with Crippen LogP contribution in [0.2, 0.25) is 0 Å². The molecule has 0 bridgehead atoms. The molecule has 16 heavy (non-hydrogen) atoms. The number of carboxylic acid groups (broad SMARTS) is 2. The van der Waals surface area contributed by atoms with Gasteiger partial charge in [0, 0.05) is 5.56 Å². The standard InChI is InChI=1S/C10H8O6/c11-5-6-1-3-7(4-2-6)16-8(9(12)13)10(14)15/h1-5,8H,(H,12,13)(H,14,15). The Hall–Kier alpha value is -2.37. The van der Waals surface area contributed by atoms with Crippen molar-refractivity contribution in [2.24, 2.45) is 0 Å². The lowest BCUT2D eigenvalue weighted by Gasteiger charge is -2.10. The number of rotatable bonds is 5. The summed E-state index contributed by atoms with van der Waals surface area (Å²) in [4.78, 5) is 31.3. The molecule has 0 radical (unpaired) electrons. The summed E-state index contributed by atoms with van der Waals surface area (Å²) in [6, 6.07) is 5.43. The molecule has 0 fully saturated rings. The maximum atomic E-state index is 10.5. The summed E-state index contributed by atoms with van der Waals surface area (Å²) in [5.41, 5.74) is 0.384. The van der Waals surface area contributed by atoms with E-state index in [1.807, 2.05) is 0 Å². The Kier molecular flexibility index (Phi) is 3.60. The van der Waals surface area contributed by atoms with Gasteiger partial charge in [0.1, 0.15) is 12.0 Å². The Labute approximate surface area is 90.1 Å². The van der Waals surface area contributed by atoms with E-state index in [4.69, 9.17) is 14.9 Å². The molecule has 0 spiro atoms. The van der Waals surface area contributed by atoms with Gasteiger partial charge in [-0.3, -0.25) is 4.79 Å². The van der Waals surface area contributed by atoms with Gasteiger partial charge in [0.25, 0.3) is 6.10 Å². The zero-order valence-corrected chi connectivity index (χ0v) is 7.99. The molecule has 0 amide bonds. The monoisotopic (exact) mass is 224 g/mol. The number of carboxylic acids is 2. The fraction of sp³-hybridized carbons (Fsp3) is 0.100. The molecule has 2 N–H and O–H groups in total. The molecule has 1 aromatic carbocycles. The molecule has 1 aromatic rings. The summed E-state index contributed by atoms with van der Waals surface area (Å²) in [5, 5.41) is 17.1. The maximum Gasteiger partial charge on any atom is 0.356 e. The Morgan fingerprint density at radius 3 is 2.00 bits per heavy atom. The molecule has 0 atom stereocenters. The number of benzene rings is 1. The molecule has 6 heteroatoms. The third-order valence-electron chi connectivity index (χ3n) is 1.72. The van der Waals surface area contributed by atoms with Crippen molar-refractivity contribution < 1.29 is 29.3 Å². The van der Waals surface area contributed by atoms with Crippen LogP contribution in [0.5, 0.6) is 5.75 Å². The van der Waals surface area contributed by atoms with Crippen LogP contribution in [0, 0.1) is 0 Å². The summed E-state index contributed by atoms with van der Waals surface area (Å²) < 4.78 is 4.72. The third-order valence-corrected chi connectivity index (χ3v) is 1.72. The molecule has 0 unspecified atom stereocenters. The average Bonchev–Trinajstić information content (AvgIpc) is 2.25. The number of hydrogen-bond acceptors (Lipinski definition) is 4. The highest BCUT2D eigenvalue weighted by molar-refractivity contribution is 5.96. The van der Waals surface area contributed by atoms with Gasteiger partial charge in [-0.1, -0.05) is 0 Å². The predicted molar refractivity (Wildman–Crippen MR) is 51.5 cm³/mol. The zero-order valence-electron chi connectivity index (χ0n) is 7.99. The van der Waals surface area contributed by atoms with E-state index >= 15 is 0 Å². The van der Waals surface area contributed by atoms with Crippen molar-refractivity contribution in [3.05, 3.63) is 29.8 Å². The van der Waals surface area contributed by atoms with Crippen LogP contribution in [0.1, 0.15) is 10.4 Å². The van der Waals surface area contributed by atoms with Crippen LogP contribution < -0.4 is 4.74 Å². The molecule has 0 aliphatic heterocycles. The largest absolute Gasteiger partial charge is 0.478 e. The highest BCUT2D eigenvalue weighted by Gasteiger charge is 2.27. The summed E-state index contributed by atoms with van der Waals surface area (Å²) in [6.07, 6.45) is -1.35. The van der Waals surface area contributed by atoms with Crippen LogP contribution in [-0.4, -0.2) is 34.5 Å². The molecule has 0 aromatic heterocycles. The molecule has 1 rings (SSSR count). The molecule has 6 nitrogen and oxygen atoms in total. The molecular formula is C10H8O6. The number of ether oxygens (including phenoxy) is 1. The first-order chi connectivity index (χ1) is 7.54. The number of aliphatic carboxylic acids is 2. The minimum Gasteiger partial charge on any atom is -0.478 e. The lowest BCUT2D eigenvalue weighted by molar-refractivity contribution is -0.159.